The van der Waals surface area contributed by atoms with Gasteiger partial charge in [0.25, 0.3) is 0 Å². The molecule has 21 heavy (non-hydrogen) atoms. The zero-order chi connectivity index (χ0) is 15.5. The lowest BCUT2D eigenvalue weighted by Crippen LogP contribution is -2.33. The molecule has 0 aliphatic carbocycles. The molecular weight excluding hydrogens is 264 g/mol. The SMILES string of the molecule is CCCC(CCC)COc1cccc(O[C@H](C)CNN)c1. The Labute approximate surface area is 129 Å². The third-order valence-corrected chi connectivity index (χ3v) is 3.43. The standard InChI is InChI=1S/C17H30N2O2/c1-4-7-15(8-5-2)13-20-16-9-6-10-17(11-16)21-14(3)12-19-18/h6,9-11,14-15,19H,4-5,7-8,12-13,18H2,1-3H3/t14-/m1/s1. The molecule has 120 valence electrons. The number of hydrogen-bond acceptors (Lipinski definition) is 4. The summed E-state index contributed by atoms with van der Waals surface area (Å²) in [5.41, 5.74) is 2.61. The summed E-state index contributed by atoms with van der Waals surface area (Å²) in [5, 5.41) is 0. The van der Waals surface area contributed by atoms with Crippen LogP contribution in [0.5, 0.6) is 11.5 Å². The van der Waals surface area contributed by atoms with Gasteiger partial charge >= 0.3 is 0 Å². The summed E-state index contributed by atoms with van der Waals surface area (Å²) in [6, 6.07) is 7.83. The highest BCUT2D eigenvalue weighted by atomic mass is 16.5. The molecule has 0 unspecified atom stereocenters. The molecule has 1 atom stereocenters. The first-order chi connectivity index (χ1) is 10.2. The third kappa shape index (κ3) is 7.34. The van der Waals surface area contributed by atoms with Crippen LogP contribution < -0.4 is 20.7 Å². The van der Waals surface area contributed by atoms with Gasteiger partial charge in [-0.15, -0.1) is 0 Å². The van der Waals surface area contributed by atoms with Gasteiger partial charge in [-0.05, 0) is 37.8 Å². The Morgan fingerprint density at radius 3 is 2.43 bits per heavy atom. The number of hydrazine groups is 1. The monoisotopic (exact) mass is 294 g/mol. The van der Waals surface area contributed by atoms with Crippen molar-refractivity contribution in [3.05, 3.63) is 24.3 Å². The van der Waals surface area contributed by atoms with Crippen LogP contribution in [0.3, 0.4) is 0 Å². The normalized spacial score (nSPS) is 12.4. The molecular formula is C17H30N2O2. The van der Waals surface area contributed by atoms with E-state index < -0.39 is 0 Å². The highest BCUT2D eigenvalue weighted by Crippen LogP contribution is 2.22. The minimum Gasteiger partial charge on any atom is -0.493 e. The lowest BCUT2D eigenvalue weighted by atomic mass is 9.99. The summed E-state index contributed by atoms with van der Waals surface area (Å²) >= 11 is 0. The average Bonchev–Trinajstić information content (AvgIpc) is 2.46. The highest BCUT2D eigenvalue weighted by molar-refractivity contribution is 5.33. The smallest absolute Gasteiger partial charge is 0.123 e. The second-order valence-electron chi connectivity index (χ2n) is 5.57. The summed E-state index contributed by atoms with van der Waals surface area (Å²) < 4.78 is 11.7. The quantitative estimate of drug-likeness (QED) is 0.484. The molecule has 1 rings (SSSR count). The fourth-order valence-corrected chi connectivity index (χ4v) is 2.42. The van der Waals surface area contributed by atoms with Gasteiger partial charge in [0.15, 0.2) is 0 Å². The predicted molar refractivity (Wildman–Crippen MR) is 87.5 cm³/mol. The molecule has 0 saturated carbocycles. The van der Waals surface area contributed by atoms with E-state index in [0.717, 1.165) is 18.1 Å². The third-order valence-electron chi connectivity index (χ3n) is 3.43. The van der Waals surface area contributed by atoms with Crippen molar-refractivity contribution in [3.63, 3.8) is 0 Å². The minimum atomic E-state index is 0.0261. The van der Waals surface area contributed by atoms with Gasteiger partial charge < -0.3 is 9.47 Å². The molecule has 1 aromatic rings. The lowest BCUT2D eigenvalue weighted by molar-refractivity contribution is 0.211. The first kappa shape index (κ1) is 17.8. The van der Waals surface area contributed by atoms with Crippen molar-refractivity contribution < 1.29 is 9.47 Å². The van der Waals surface area contributed by atoms with Crippen LogP contribution in [0, 0.1) is 5.92 Å². The molecule has 3 N–H and O–H groups in total. The van der Waals surface area contributed by atoms with Gasteiger partial charge in [-0.2, -0.15) is 0 Å². The van der Waals surface area contributed by atoms with Gasteiger partial charge in [0.1, 0.15) is 17.6 Å². The van der Waals surface area contributed by atoms with E-state index in [9.17, 15) is 0 Å². The summed E-state index contributed by atoms with van der Waals surface area (Å²) in [6.45, 7) is 7.82. The lowest BCUT2D eigenvalue weighted by Gasteiger charge is -2.18. The van der Waals surface area contributed by atoms with Crippen LogP contribution in [0.15, 0.2) is 24.3 Å². The van der Waals surface area contributed by atoms with E-state index in [4.69, 9.17) is 15.3 Å². The van der Waals surface area contributed by atoms with Gasteiger partial charge in [-0.3, -0.25) is 11.3 Å². The van der Waals surface area contributed by atoms with E-state index in [0.29, 0.717) is 12.5 Å². The van der Waals surface area contributed by atoms with Crippen molar-refractivity contribution in [2.75, 3.05) is 13.2 Å². The van der Waals surface area contributed by atoms with Crippen LogP contribution in [-0.4, -0.2) is 19.3 Å². The van der Waals surface area contributed by atoms with Crippen molar-refractivity contribution in [3.8, 4) is 11.5 Å². The molecule has 0 spiro atoms. The Morgan fingerprint density at radius 2 is 1.81 bits per heavy atom. The molecule has 4 heteroatoms. The van der Waals surface area contributed by atoms with Gasteiger partial charge in [0, 0.05) is 12.6 Å². The van der Waals surface area contributed by atoms with E-state index in [1.165, 1.54) is 25.7 Å². The molecule has 0 fully saturated rings. The van der Waals surface area contributed by atoms with E-state index in [1.54, 1.807) is 0 Å². The van der Waals surface area contributed by atoms with Gasteiger partial charge in [0.2, 0.25) is 0 Å². The number of benzene rings is 1. The van der Waals surface area contributed by atoms with Crippen molar-refractivity contribution in [2.45, 2.75) is 52.6 Å². The van der Waals surface area contributed by atoms with Gasteiger partial charge in [-0.25, -0.2) is 0 Å². The molecule has 4 nitrogen and oxygen atoms in total. The number of rotatable bonds is 11. The van der Waals surface area contributed by atoms with Gasteiger partial charge in [0.05, 0.1) is 6.61 Å². The summed E-state index contributed by atoms with van der Waals surface area (Å²) in [6.07, 6.45) is 4.90. The van der Waals surface area contributed by atoms with Crippen LogP contribution in [0.1, 0.15) is 46.5 Å². The van der Waals surface area contributed by atoms with Crippen LogP contribution in [0.25, 0.3) is 0 Å². The Morgan fingerprint density at radius 1 is 1.14 bits per heavy atom. The van der Waals surface area contributed by atoms with Gasteiger partial charge in [-0.1, -0.05) is 32.8 Å². The van der Waals surface area contributed by atoms with E-state index in [-0.39, 0.29) is 6.10 Å². The zero-order valence-electron chi connectivity index (χ0n) is 13.6. The zero-order valence-corrected chi connectivity index (χ0v) is 13.6. The Balaban J connectivity index is 2.51. The number of hydrogen-bond donors (Lipinski definition) is 2. The molecule has 0 heterocycles. The van der Waals surface area contributed by atoms with E-state index in [1.807, 2.05) is 31.2 Å². The van der Waals surface area contributed by atoms with E-state index >= 15 is 0 Å². The second-order valence-corrected chi connectivity index (χ2v) is 5.57. The maximum atomic E-state index is 5.94. The maximum Gasteiger partial charge on any atom is 0.123 e. The topological polar surface area (TPSA) is 56.5 Å². The molecule has 0 amide bonds. The highest BCUT2D eigenvalue weighted by Gasteiger charge is 2.09. The first-order valence-electron chi connectivity index (χ1n) is 8.02. The van der Waals surface area contributed by atoms with Crippen LogP contribution in [0.4, 0.5) is 0 Å². The molecule has 0 aromatic heterocycles. The summed E-state index contributed by atoms with van der Waals surface area (Å²) in [5.74, 6) is 7.63. The minimum absolute atomic E-state index is 0.0261. The van der Waals surface area contributed by atoms with Crippen molar-refractivity contribution >= 4 is 0 Å². The fraction of sp³-hybridized carbons (Fsp3) is 0.647. The summed E-state index contributed by atoms with van der Waals surface area (Å²) in [7, 11) is 0. The Hall–Kier alpha value is -1.26. The molecule has 0 aliphatic heterocycles. The number of nitrogens with one attached hydrogen (secondary N) is 1. The van der Waals surface area contributed by atoms with Crippen LogP contribution in [-0.2, 0) is 0 Å². The first-order valence-corrected chi connectivity index (χ1v) is 8.02. The molecule has 0 aliphatic rings. The molecule has 1 aromatic carbocycles. The molecule has 0 saturated heterocycles. The Kier molecular flexibility index (Phi) is 8.87. The second kappa shape index (κ2) is 10.5. The number of nitrogens with two attached hydrogens (primary N) is 1. The van der Waals surface area contributed by atoms with E-state index in [2.05, 4.69) is 19.3 Å². The largest absolute Gasteiger partial charge is 0.493 e. The Bertz CT molecular complexity index is 379. The molecule has 0 bridgehead atoms. The fourth-order valence-electron chi connectivity index (χ4n) is 2.42. The van der Waals surface area contributed by atoms with Crippen LogP contribution >= 0.6 is 0 Å². The van der Waals surface area contributed by atoms with Crippen LogP contribution in [0.2, 0.25) is 0 Å². The van der Waals surface area contributed by atoms with Crippen molar-refractivity contribution in [2.24, 2.45) is 11.8 Å². The number of ether oxygens (including phenoxy) is 2. The average molecular weight is 294 g/mol. The summed E-state index contributed by atoms with van der Waals surface area (Å²) in [4.78, 5) is 0. The van der Waals surface area contributed by atoms with Crippen molar-refractivity contribution in [1.82, 2.24) is 5.43 Å². The van der Waals surface area contributed by atoms with Crippen molar-refractivity contribution in [1.29, 1.82) is 0 Å². The predicted octanol–water partition coefficient (Wildman–Crippen LogP) is 3.51. The maximum absolute atomic E-state index is 5.94. The molecule has 0 radical (unpaired) electrons.